The predicted octanol–water partition coefficient (Wildman–Crippen LogP) is 4.57. The fourth-order valence-corrected chi connectivity index (χ4v) is 1.97. The van der Waals surface area contributed by atoms with Crippen LogP contribution in [0.25, 0.3) is 11.1 Å². The van der Waals surface area contributed by atoms with E-state index in [4.69, 9.17) is 23.2 Å². The third-order valence-electron chi connectivity index (χ3n) is 2.63. The van der Waals surface area contributed by atoms with Crippen LogP contribution in [0.15, 0.2) is 36.4 Å². The Morgan fingerprint density at radius 1 is 1.00 bits per heavy atom. The van der Waals surface area contributed by atoms with Gasteiger partial charge in [0.25, 0.3) is 0 Å². The molecular weight excluding hydrogens is 271 g/mol. The van der Waals surface area contributed by atoms with E-state index in [0.717, 1.165) is 11.1 Å². The Morgan fingerprint density at radius 3 is 2.22 bits per heavy atom. The van der Waals surface area contributed by atoms with E-state index in [1.54, 1.807) is 24.3 Å². The summed E-state index contributed by atoms with van der Waals surface area (Å²) in [5.41, 5.74) is 1.93. The summed E-state index contributed by atoms with van der Waals surface area (Å²) >= 11 is 11.8. The molecule has 2 rings (SSSR count). The molecule has 2 nitrogen and oxygen atoms in total. The lowest BCUT2D eigenvalue weighted by Gasteiger charge is -2.07. The summed E-state index contributed by atoms with van der Waals surface area (Å²) < 4.78 is 0. The molecule has 18 heavy (non-hydrogen) atoms. The van der Waals surface area contributed by atoms with Crippen LogP contribution < -0.4 is 0 Å². The number of carbonyl (C=O) groups is 1. The minimum absolute atomic E-state index is 0.0219. The highest BCUT2D eigenvalue weighted by Gasteiger charge is 2.09. The second-order valence-corrected chi connectivity index (χ2v) is 4.73. The van der Waals surface area contributed by atoms with Crippen molar-refractivity contribution < 1.29 is 9.90 Å². The largest absolute Gasteiger partial charge is 0.507 e. The molecule has 0 aromatic heterocycles. The van der Waals surface area contributed by atoms with Gasteiger partial charge in [-0.3, -0.25) is 4.79 Å². The van der Waals surface area contributed by atoms with E-state index in [1.807, 2.05) is 6.07 Å². The second-order valence-electron chi connectivity index (χ2n) is 3.92. The number of phenolic OH excluding ortho intramolecular Hbond substituents is 1. The van der Waals surface area contributed by atoms with Crippen LogP contribution in [0.3, 0.4) is 0 Å². The smallest absolute Gasteiger partial charge is 0.163 e. The number of rotatable bonds is 2. The van der Waals surface area contributed by atoms with Gasteiger partial charge < -0.3 is 5.11 Å². The van der Waals surface area contributed by atoms with Crippen LogP contribution in [0, 0.1) is 0 Å². The minimum Gasteiger partial charge on any atom is -0.507 e. The summed E-state index contributed by atoms with van der Waals surface area (Å²) in [6.07, 6.45) is 0. The molecule has 2 aromatic rings. The highest BCUT2D eigenvalue weighted by atomic mass is 35.5. The Balaban J connectivity index is 2.54. The summed E-state index contributed by atoms with van der Waals surface area (Å²) in [6.45, 7) is 1.41. The molecule has 0 aliphatic rings. The zero-order valence-electron chi connectivity index (χ0n) is 9.58. The molecule has 0 spiro atoms. The van der Waals surface area contributed by atoms with Crippen molar-refractivity contribution in [1.29, 1.82) is 0 Å². The van der Waals surface area contributed by atoms with Crippen LogP contribution in [0.2, 0.25) is 10.0 Å². The lowest BCUT2D eigenvalue weighted by atomic mass is 10.0. The van der Waals surface area contributed by atoms with Gasteiger partial charge in [-0.15, -0.1) is 0 Å². The number of halogens is 2. The molecule has 0 aliphatic heterocycles. The first-order valence-corrected chi connectivity index (χ1v) is 6.04. The van der Waals surface area contributed by atoms with E-state index in [0.29, 0.717) is 15.6 Å². The molecule has 0 radical (unpaired) electrons. The maximum absolute atomic E-state index is 11.4. The summed E-state index contributed by atoms with van der Waals surface area (Å²) in [5, 5.41) is 10.5. The standard InChI is InChI=1S/C14H10Cl2O2/c1-8(17)11-6-9(3-5-14(11)18)10-2-4-12(15)13(16)7-10/h2-7,18H,1H3. The highest BCUT2D eigenvalue weighted by molar-refractivity contribution is 6.42. The van der Waals surface area contributed by atoms with Crippen molar-refractivity contribution in [3.8, 4) is 16.9 Å². The van der Waals surface area contributed by atoms with Crippen molar-refractivity contribution in [2.24, 2.45) is 0 Å². The molecular formula is C14H10Cl2O2. The molecule has 2 aromatic carbocycles. The molecule has 0 heterocycles. The van der Waals surface area contributed by atoms with Crippen LogP contribution >= 0.6 is 23.2 Å². The quantitative estimate of drug-likeness (QED) is 0.819. The number of ketones is 1. The molecule has 0 amide bonds. The monoisotopic (exact) mass is 280 g/mol. The average Bonchev–Trinajstić information content (AvgIpc) is 2.33. The van der Waals surface area contributed by atoms with Gasteiger partial charge in [-0.2, -0.15) is 0 Å². The molecule has 0 unspecified atom stereocenters. The second kappa shape index (κ2) is 5.01. The SMILES string of the molecule is CC(=O)c1cc(-c2ccc(Cl)c(Cl)c2)ccc1O. The van der Waals surface area contributed by atoms with Crippen molar-refractivity contribution in [1.82, 2.24) is 0 Å². The van der Waals surface area contributed by atoms with Gasteiger partial charge in [0.05, 0.1) is 15.6 Å². The first-order valence-electron chi connectivity index (χ1n) is 5.28. The van der Waals surface area contributed by atoms with E-state index in [-0.39, 0.29) is 11.5 Å². The van der Waals surface area contributed by atoms with Gasteiger partial charge in [-0.1, -0.05) is 35.3 Å². The van der Waals surface area contributed by atoms with E-state index in [1.165, 1.54) is 13.0 Å². The lowest BCUT2D eigenvalue weighted by molar-refractivity contribution is 0.101. The lowest BCUT2D eigenvalue weighted by Crippen LogP contribution is -1.93. The summed E-state index contributed by atoms with van der Waals surface area (Å²) in [4.78, 5) is 11.4. The van der Waals surface area contributed by atoms with E-state index in [2.05, 4.69) is 0 Å². The number of Topliss-reactive ketones (excluding diaryl/α,β-unsaturated/α-hetero) is 1. The fourth-order valence-electron chi connectivity index (χ4n) is 1.67. The molecule has 4 heteroatoms. The zero-order valence-corrected chi connectivity index (χ0v) is 11.1. The van der Waals surface area contributed by atoms with Gasteiger partial charge in [0.1, 0.15) is 5.75 Å². The van der Waals surface area contributed by atoms with E-state index in [9.17, 15) is 9.90 Å². The zero-order chi connectivity index (χ0) is 13.3. The number of hydrogen-bond acceptors (Lipinski definition) is 2. The number of benzene rings is 2. The first kappa shape index (κ1) is 12.9. The maximum Gasteiger partial charge on any atom is 0.163 e. The van der Waals surface area contributed by atoms with Gasteiger partial charge in [0, 0.05) is 0 Å². The molecule has 0 bridgehead atoms. The summed E-state index contributed by atoms with van der Waals surface area (Å²) in [5.74, 6) is -0.208. The van der Waals surface area contributed by atoms with Crippen molar-refractivity contribution in [3.63, 3.8) is 0 Å². The fraction of sp³-hybridized carbons (Fsp3) is 0.0714. The highest BCUT2D eigenvalue weighted by Crippen LogP contribution is 2.31. The normalized spacial score (nSPS) is 10.4. The van der Waals surface area contributed by atoms with Crippen molar-refractivity contribution in [2.45, 2.75) is 6.92 Å². The van der Waals surface area contributed by atoms with Crippen molar-refractivity contribution >= 4 is 29.0 Å². The van der Waals surface area contributed by atoms with E-state index >= 15 is 0 Å². The van der Waals surface area contributed by atoms with Crippen LogP contribution in [-0.2, 0) is 0 Å². The maximum atomic E-state index is 11.4. The van der Waals surface area contributed by atoms with E-state index < -0.39 is 0 Å². The van der Waals surface area contributed by atoms with Crippen LogP contribution in [0.5, 0.6) is 5.75 Å². The van der Waals surface area contributed by atoms with Gasteiger partial charge in [0.2, 0.25) is 0 Å². The molecule has 0 saturated carbocycles. The third-order valence-corrected chi connectivity index (χ3v) is 3.37. The minimum atomic E-state index is -0.186. The van der Waals surface area contributed by atoms with Gasteiger partial charge in [-0.05, 0) is 42.3 Å². The number of hydrogen-bond donors (Lipinski definition) is 1. The summed E-state index contributed by atoms with van der Waals surface area (Å²) in [7, 11) is 0. The first-order chi connectivity index (χ1) is 8.49. The Bertz CT molecular complexity index is 621. The molecule has 0 aliphatic carbocycles. The van der Waals surface area contributed by atoms with Crippen LogP contribution in [0.4, 0.5) is 0 Å². The number of aromatic hydroxyl groups is 1. The number of phenols is 1. The molecule has 0 atom stereocenters. The predicted molar refractivity (Wildman–Crippen MR) is 73.6 cm³/mol. The van der Waals surface area contributed by atoms with Crippen molar-refractivity contribution in [3.05, 3.63) is 52.0 Å². The van der Waals surface area contributed by atoms with Gasteiger partial charge in [-0.25, -0.2) is 0 Å². The number of carbonyl (C=O) groups excluding carboxylic acids is 1. The molecule has 92 valence electrons. The third kappa shape index (κ3) is 2.50. The van der Waals surface area contributed by atoms with Gasteiger partial charge in [0.15, 0.2) is 5.78 Å². The Morgan fingerprint density at radius 2 is 1.61 bits per heavy atom. The Kier molecular flexibility index (Phi) is 3.60. The Hall–Kier alpha value is -1.51. The molecule has 0 fully saturated rings. The van der Waals surface area contributed by atoms with Crippen LogP contribution in [0.1, 0.15) is 17.3 Å². The average molecular weight is 281 g/mol. The van der Waals surface area contributed by atoms with Gasteiger partial charge >= 0.3 is 0 Å². The van der Waals surface area contributed by atoms with Crippen LogP contribution in [-0.4, -0.2) is 10.9 Å². The Labute approximate surface area is 115 Å². The summed E-state index contributed by atoms with van der Waals surface area (Å²) in [6, 6.07) is 10.1. The van der Waals surface area contributed by atoms with Crippen molar-refractivity contribution in [2.75, 3.05) is 0 Å². The topological polar surface area (TPSA) is 37.3 Å². The molecule has 1 N–H and O–H groups in total. The molecule has 0 saturated heterocycles.